The standard InChI is InChI=1S/C22H15F2N5O4S/c23-14-3-10-19(24)18(11-14)21-12-20(26-22(25)27-21)13-1-4-15(5-2-13)28-34(32,33)17-8-6-16(7-9-17)29(30)31/h1-12,28H,(H2,25,26,27). The quantitative estimate of drug-likeness (QED) is 0.306. The highest BCUT2D eigenvalue weighted by molar-refractivity contribution is 7.92. The van der Waals surface area contributed by atoms with Crippen LogP contribution in [-0.2, 0) is 10.0 Å². The van der Waals surface area contributed by atoms with Gasteiger partial charge in [-0.05, 0) is 48.5 Å². The fourth-order valence-corrected chi connectivity index (χ4v) is 4.17. The summed E-state index contributed by atoms with van der Waals surface area (Å²) in [4.78, 5) is 18.1. The lowest BCUT2D eigenvalue weighted by Crippen LogP contribution is -2.12. The van der Waals surface area contributed by atoms with Gasteiger partial charge in [-0.15, -0.1) is 0 Å². The molecule has 0 saturated carbocycles. The Balaban J connectivity index is 1.60. The Morgan fingerprint density at radius 1 is 0.882 bits per heavy atom. The molecule has 0 unspecified atom stereocenters. The molecular weight excluding hydrogens is 468 g/mol. The molecule has 4 aromatic rings. The van der Waals surface area contributed by atoms with Gasteiger partial charge in [0.15, 0.2) is 0 Å². The number of nitrogen functional groups attached to an aromatic ring is 1. The van der Waals surface area contributed by atoms with Crippen molar-refractivity contribution in [1.29, 1.82) is 0 Å². The number of benzene rings is 3. The Morgan fingerprint density at radius 2 is 1.53 bits per heavy atom. The van der Waals surface area contributed by atoms with E-state index in [1.54, 1.807) is 12.1 Å². The van der Waals surface area contributed by atoms with Gasteiger partial charge >= 0.3 is 0 Å². The summed E-state index contributed by atoms with van der Waals surface area (Å²) in [6, 6.07) is 14.9. The van der Waals surface area contributed by atoms with Crippen molar-refractivity contribution in [2.24, 2.45) is 0 Å². The first-order chi connectivity index (χ1) is 16.1. The molecule has 0 radical (unpaired) electrons. The molecule has 1 aromatic heterocycles. The summed E-state index contributed by atoms with van der Waals surface area (Å²) in [5.74, 6) is -1.47. The lowest BCUT2D eigenvalue weighted by Gasteiger charge is -2.10. The first-order valence-corrected chi connectivity index (χ1v) is 11.1. The number of anilines is 2. The number of nitrogens with zero attached hydrogens (tertiary/aromatic N) is 3. The summed E-state index contributed by atoms with van der Waals surface area (Å²) in [6.45, 7) is 0. The molecule has 3 aromatic carbocycles. The number of rotatable bonds is 6. The first-order valence-electron chi connectivity index (χ1n) is 9.60. The molecule has 172 valence electrons. The van der Waals surface area contributed by atoms with Crippen LogP contribution in [0.1, 0.15) is 0 Å². The molecular formula is C22H15F2N5O4S. The normalized spacial score (nSPS) is 11.2. The third kappa shape index (κ3) is 4.81. The molecule has 1 heterocycles. The molecule has 34 heavy (non-hydrogen) atoms. The van der Waals surface area contributed by atoms with Gasteiger partial charge in [0.25, 0.3) is 15.7 Å². The second-order valence-electron chi connectivity index (χ2n) is 7.05. The molecule has 12 heteroatoms. The Labute approximate surface area is 192 Å². The van der Waals surface area contributed by atoms with Crippen LogP contribution in [0.3, 0.4) is 0 Å². The minimum Gasteiger partial charge on any atom is -0.368 e. The Bertz CT molecular complexity index is 1500. The zero-order chi connectivity index (χ0) is 24.5. The van der Waals surface area contributed by atoms with Crippen molar-refractivity contribution in [2.75, 3.05) is 10.5 Å². The van der Waals surface area contributed by atoms with Gasteiger partial charge in [0.1, 0.15) is 11.6 Å². The van der Waals surface area contributed by atoms with Crippen LogP contribution in [0.4, 0.5) is 26.1 Å². The molecule has 0 aliphatic carbocycles. The molecule has 0 atom stereocenters. The van der Waals surface area contributed by atoms with Crippen molar-refractivity contribution in [3.63, 3.8) is 0 Å². The number of nitrogens with two attached hydrogens (primary N) is 1. The Hall–Kier alpha value is -4.45. The van der Waals surface area contributed by atoms with E-state index in [0.717, 1.165) is 42.5 Å². The van der Waals surface area contributed by atoms with Crippen molar-refractivity contribution < 1.29 is 22.1 Å². The number of nitro benzene ring substituents is 1. The van der Waals surface area contributed by atoms with Gasteiger partial charge in [0.2, 0.25) is 5.95 Å². The smallest absolute Gasteiger partial charge is 0.269 e. The maximum Gasteiger partial charge on any atom is 0.269 e. The van der Waals surface area contributed by atoms with E-state index in [4.69, 9.17) is 5.73 Å². The molecule has 4 rings (SSSR count). The van der Waals surface area contributed by atoms with Crippen LogP contribution in [0, 0.1) is 21.7 Å². The summed E-state index contributed by atoms with van der Waals surface area (Å²) < 4.78 is 55.2. The third-order valence-corrected chi connectivity index (χ3v) is 6.14. The maximum atomic E-state index is 14.2. The molecule has 0 fully saturated rings. The Kier molecular flexibility index (Phi) is 5.90. The maximum absolute atomic E-state index is 14.2. The van der Waals surface area contributed by atoms with Crippen LogP contribution in [0.25, 0.3) is 22.5 Å². The van der Waals surface area contributed by atoms with Crippen LogP contribution < -0.4 is 10.5 Å². The summed E-state index contributed by atoms with van der Waals surface area (Å²) in [7, 11) is -3.99. The summed E-state index contributed by atoms with van der Waals surface area (Å²) in [5.41, 5.74) is 6.59. The minimum atomic E-state index is -3.99. The molecule has 0 amide bonds. The molecule has 3 N–H and O–H groups in total. The predicted molar refractivity (Wildman–Crippen MR) is 121 cm³/mol. The highest BCUT2D eigenvalue weighted by atomic mass is 32.2. The van der Waals surface area contributed by atoms with Crippen LogP contribution in [0.15, 0.2) is 77.7 Å². The second kappa shape index (κ2) is 8.83. The second-order valence-corrected chi connectivity index (χ2v) is 8.74. The van der Waals surface area contributed by atoms with E-state index in [1.165, 1.54) is 18.2 Å². The van der Waals surface area contributed by atoms with Gasteiger partial charge in [-0.2, -0.15) is 0 Å². The molecule has 0 saturated heterocycles. The van der Waals surface area contributed by atoms with Gasteiger partial charge in [0, 0.05) is 28.9 Å². The first kappa shape index (κ1) is 22.7. The number of aromatic nitrogens is 2. The topological polar surface area (TPSA) is 141 Å². The number of sulfonamides is 1. The third-order valence-electron chi connectivity index (χ3n) is 4.74. The van der Waals surface area contributed by atoms with Gasteiger partial charge < -0.3 is 5.73 Å². The average Bonchev–Trinajstić information content (AvgIpc) is 2.80. The van der Waals surface area contributed by atoms with Gasteiger partial charge in [-0.3, -0.25) is 14.8 Å². The lowest BCUT2D eigenvalue weighted by molar-refractivity contribution is -0.384. The molecule has 9 nitrogen and oxygen atoms in total. The number of halogens is 2. The van der Waals surface area contributed by atoms with Crippen LogP contribution >= 0.6 is 0 Å². The van der Waals surface area contributed by atoms with E-state index in [9.17, 15) is 27.3 Å². The number of nitro groups is 1. The number of non-ortho nitro benzene ring substituents is 1. The SMILES string of the molecule is Nc1nc(-c2ccc(NS(=O)(=O)c3ccc([N+](=O)[O-])cc3)cc2)cc(-c2cc(F)ccc2F)n1. The fraction of sp³-hybridized carbons (Fsp3) is 0. The lowest BCUT2D eigenvalue weighted by atomic mass is 10.1. The van der Waals surface area contributed by atoms with Crippen molar-refractivity contribution in [1.82, 2.24) is 9.97 Å². The van der Waals surface area contributed by atoms with E-state index in [0.29, 0.717) is 11.3 Å². The van der Waals surface area contributed by atoms with Crippen molar-refractivity contribution >= 4 is 27.3 Å². The summed E-state index contributed by atoms with van der Waals surface area (Å²) in [5, 5.41) is 10.7. The van der Waals surface area contributed by atoms with Crippen LogP contribution in [0.5, 0.6) is 0 Å². The minimum absolute atomic E-state index is 0.0807. The van der Waals surface area contributed by atoms with E-state index in [1.807, 2.05) is 0 Å². The van der Waals surface area contributed by atoms with E-state index in [-0.39, 0.29) is 33.5 Å². The number of nitrogens with one attached hydrogen (secondary N) is 1. The molecule has 0 aliphatic rings. The van der Waals surface area contributed by atoms with E-state index >= 15 is 0 Å². The largest absolute Gasteiger partial charge is 0.368 e. The average molecular weight is 483 g/mol. The zero-order valence-electron chi connectivity index (χ0n) is 17.1. The van der Waals surface area contributed by atoms with Crippen LogP contribution in [0.2, 0.25) is 0 Å². The van der Waals surface area contributed by atoms with Gasteiger partial charge in [-0.1, -0.05) is 12.1 Å². The van der Waals surface area contributed by atoms with Crippen LogP contribution in [-0.4, -0.2) is 23.3 Å². The fourth-order valence-electron chi connectivity index (χ4n) is 3.12. The van der Waals surface area contributed by atoms with Crippen molar-refractivity contribution in [3.8, 4) is 22.5 Å². The molecule has 0 bridgehead atoms. The highest BCUT2D eigenvalue weighted by Crippen LogP contribution is 2.28. The number of hydrogen-bond acceptors (Lipinski definition) is 7. The zero-order valence-corrected chi connectivity index (χ0v) is 18.0. The summed E-state index contributed by atoms with van der Waals surface area (Å²) in [6.07, 6.45) is 0. The van der Waals surface area contributed by atoms with Crippen molar-refractivity contribution in [3.05, 3.63) is 94.5 Å². The Morgan fingerprint density at radius 3 is 2.18 bits per heavy atom. The van der Waals surface area contributed by atoms with E-state index < -0.39 is 26.6 Å². The van der Waals surface area contributed by atoms with E-state index in [2.05, 4.69) is 14.7 Å². The molecule has 0 aliphatic heterocycles. The molecule has 0 spiro atoms. The van der Waals surface area contributed by atoms with Gasteiger partial charge in [-0.25, -0.2) is 27.2 Å². The summed E-state index contributed by atoms with van der Waals surface area (Å²) >= 11 is 0. The highest BCUT2D eigenvalue weighted by Gasteiger charge is 2.17. The monoisotopic (exact) mass is 483 g/mol. The van der Waals surface area contributed by atoms with Gasteiger partial charge in [0.05, 0.1) is 21.2 Å². The van der Waals surface area contributed by atoms with Crippen molar-refractivity contribution in [2.45, 2.75) is 4.90 Å². The predicted octanol–water partition coefficient (Wildman–Crippen LogP) is 4.38. The number of hydrogen-bond donors (Lipinski definition) is 2.